The van der Waals surface area contributed by atoms with E-state index >= 15 is 0 Å². The lowest BCUT2D eigenvalue weighted by Gasteiger charge is -2.06. The largest absolute Gasteiger partial charge is 0.447 e. The lowest BCUT2D eigenvalue weighted by atomic mass is 10.1. The molecule has 80 valence electrons. The second kappa shape index (κ2) is 4.29. The van der Waals surface area contributed by atoms with Gasteiger partial charge in [-0.25, -0.2) is 9.18 Å². The summed E-state index contributed by atoms with van der Waals surface area (Å²) in [6.07, 6.45) is 1.28. The van der Waals surface area contributed by atoms with Crippen molar-refractivity contribution in [2.45, 2.75) is 18.9 Å². The first-order valence-electron chi connectivity index (χ1n) is 4.92. The zero-order valence-electron chi connectivity index (χ0n) is 8.20. The van der Waals surface area contributed by atoms with Gasteiger partial charge in [0.2, 0.25) is 0 Å². The second-order valence-electron chi connectivity index (χ2n) is 3.60. The highest BCUT2D eigenvalue weighted by molar-refractivity contribution is 5.69. The summed E-state index contributed by atoms with van der Waals surface area (Å²) < 4.78 is 17.4. The normalized spacial score (nSPS) is 19.8. The van der Waals surface area contributed by atoms with Crippen molar-refractivity contribution in [2.75, 3.05) is 6.61 Å². The minimum absolute atomic E-state index is 0.0857. The molecule has 1 unspecified atom stereocenters. The fourth-order valence-electron chi connectivity index (χ4n) is 1.57. The molecular formula is C11H12FNO2. The van der Waals surface area contributed by atoms with E-state index in [1.807, 2.05) is 0 Å². The zero-order chi connectivity index (χ0) is 10.7. The number of cyclic esters (lactones) is 1. The number of halogens is 1. The molecular weight excluding hydrogens is 197 g/mol. The maximum atomic E-state index is 12.6. The SMILES string of the molecule is O=C1NC(CCc2ccc(F)cc2)CO1. The van der Waals surface area contributed by atoms with Crippen molar-refractivity contribution < 1.29 is 13.9 Å². The Kier molecular flexibility index (Phi) is 2.85. The average Bonchev–Trinajstić information content (AvgIpc) is 2.64. The van der Waals surface area contributed by atoms with Gasteiger partial charge in [0.15, 0.2) is 0 Å². The predicted octanol–water partition coefficient (Wildman–Crippen LogP) is 1.87. The van der Waals surface area contributed by atoms with Crippen molar-refractivity contribution in [3.8, 4) is 0 Å². The number of aryl methyl sites for hydroxylation is 1. The molecule has 1 atom stereocenters. The molecule has 0 spiro atoms. The van der Waals surface area contributed by atoms with Crippen LogP contribution in [0.2, 0.25) is 0 Å². The number of hydrogen-bond acceptors (Lipinski definition) is 2. The second-order valence-corrected chi connectivity index (χ2v) is 3.60. The van der Waals surface area contributed by atoms with E-state index in [9.17, 15) is 9.18 Å². The number of hydrogen-bond donors (Lipinski definition) is 1. The molecule has 1 N–H and O–H groups in total. The fraction of sp³-hybridized carbons (Fsp3) is 0.364. The number of rotatable bonds is 3. The summed E-state index contributed by atoms with van der Waals surface area (Å²) in [5.74, 6) is -0.226. The summed E-state index contributed by atoms with van der Waals surface area (Å²) in [5, 5.41) is 2.70. The first-order valence-corrected chi connectivity index (χ1v) is 4.92. The molecule has 0 radical (unpaired) electrons. The van der Waals surface area contributed by atoms with Crippen LogP contribution in [0.15, 0.2) is 24.3 Å². The van der Waals surface area contributed by atoms with Gasteiger partial charge in [0, 0.05) is 0 Å². The van der Waals surface area contributed by atoms with Crippen molar-refractivity contribution in [2.24, 2.45) is 0 Å². The number of alkyl carbamates (subject to hydrolysis) is 1. The topological polar surface area (TPSA) is 38.3 Å². The molecule has 1 fully saturated rings. The summed E-state index contributed by atoms with van der Waals surface area (Å²) in [4.78, 5) is 10.7. The molecule has 0 aliphatic carbocycles. The van der Waals surface area contributed by atoms with E-state index in [1.54, 1.807) is 12.1 Å². The Bertz CT molecular complexity index is 350. The molecule has 1 aliphatic rings. The van der Waals surface area contributed by atoms with E-state index < -0.39 is 0 Å². The average molecular weight is 209 g/mol. The van der Waals surface area contributed by atoms with Crippen LogP contribution in [0.5, 0.6) is 0 Å². The van der Waals surface area contributed by atoms with Crippen LogP contribution in [0, 0.1) is 5.82 Å². The van der Waals surface area contributed by atoms with E-state index in [-0.39, 0.29) is 18.0 Å². The number of ether oxygens (including phenoxy) is 1. The minimum Gasteiger partial charge on any atom is -0.447 e. The summed E-state index contributed by atoms with van der Waals surface area (Å²) >= 11 is 0. The van der Waals surface area contributed by atoms with Crippen LogP contribution in [0.3, 0.4) is 0 Å². The van der Waals surface area contributed by atoms with Crippen LogP contribution in [0.4, 0.5) is 9.18 Å². The summed E-state index contributed by atoms with van der Waals surface area (Å²) in [6.45, 7) is 0.431. The molecule has 0 bridgehead atoms. The Hall–Kier alpha value is -1.58. The Morgan fingerprint density at radius 3 is 2.73 bits per heavy atom. The van der Waals surface area contributed by atoms with E-state index in [1.165, 1.54) is 12.1 Å². The Morgan fingerprint density at radius 2 is 2.13 bits per heavy atom. The molecule has 15 heavy (non-hydrogen) atoms. The van der Waals surface area contributed by atoms with Gasteiger partial charge in [0.25, 0.3) is 0 Å². The van der Waals surface area contributed by atoms with Crippen LogP contribution >= 0.6 is 0 Å². The third-order valence-electron chi connectivity index (χ3n) is 2.43. The summed E-state index contributed by atoms with van der Waals surface area (Å²) in [6, 6.07) is 6.49. The first-order chi connectivity index (χ1) is 7.24. The van der Waals surface area contributed by atoms with E-state index in [0.717, 1.165) is 18.4 Å². The smallest absolute Gasteiger partial charge is 0.407 e. The number of carbonyl (C=O) groups excluding carboxylic acids is 1. The number of amides is 1. The molecule has 1 heterocycles. The van der Waals surface area contributed by atoms with Crippen molar-refractivity contribution in [1.82, 2.24) is 5.32 Å². The lowest BCUT2D eigenvalue weighted by Crippen LogP contribution is -2.26. The summed E-state index contributed by atoms with van der Waals surface area (Å²) in [7, 11) is 0. The van der Waals surface area contributed by atoms with E-state index in [0.29, 0.717) is 6.61 Å². The molecule has 0 saturated carbocycles. The molecule has 3 nitrogen and oxygen atoms in total. The van der Waals surface area contributed by atoms with Gasteiger partial charge in [0.05, 0.1) is 6.04 Å². The fourth-order valence-corrected chi connectivity index (χ4v) is 1.57. The van der Waals surface area contributed by atoms with Crippen molar-refractivity contribution in [1.29, 1.82) is 0 Å². The van der Waals surface area contributed by atoms with Gasteiger partial charge in [-0.3, -0.25) is 0 Å². The monoisotopic (exact) mass is 209 g/mol. The zero-order valence-corrected chi connectivity index (χ0v) is 8.20. The molecule has 1 aromatic rings. The van der Waals surface area contributed by atoms with Crippen LogP contribution in [-0.2, 0) is 11.2 Å². The highest BCUT2D eigenvalue weighted by Crippen LogP contribution is 2.09. The maximum absolute atomic E-state index is 12.6. The Labute approximate surface area is 87.2 Å². The summed E-state index contributed by atoms with van der Waals surface area (Å²) in [5.41, 5.74) is 1.07. The van der Waals surface area contributed by atoms with E-state index in [4.69, 9.17) is 4.74 Å². The highest BCUT2D eigenvalue weighted by atomic mass is 19.1. The van der Waals surface area contributed by atoms with Gasteiger partial charge >= 0.3 is 6.09 Å². The third kappa shape index (κ3) is 2.68. The predicted molar refractivity (Wildman–Crippen MR) is 53.0 cm³/mol. The standard InChI is InChI=1S/C11H12FNO2/c12-9-4-1-8(2-5-9)3-6-10-7-15-11(14)13-10/h1-2,4-5,10H,3,6-7H2,(H,13,14). The molecule has 1 aliphatic heterocycles. The minimum atomic E-state index is -0.348. The van der Waals surface area contributed by atoms with Gasteiger partial charge < -0.3 is 10.1 Å². The maximum Gasteiger partial charge on any atom is 0.407 e. The van der Waals surface area contributed by atoms with Crippen molar-refractivity contribution in [3.63, 3.8) is 0 Å². The van der Waals surface area contributed by atoms with Crippen LogP contribution in [0.25, 0.3) is 0 Å². The Balaban J connectivity index is 1.83. The highest BCUT2D eigenvalue weighted by Gasteiger charge is 2.21. The molecule has 4 heteroatoms. The first kappa shape index (κ1) is 9.96. The lowest BCUT2D eigenvalue weighted by molar-refractivity contribution is 0.176. The third-order valence-corrected chi connectivity index (χ3v) is 2.43. The van der Waals surface area contributed by atoms with Crippen LogP contribution < -0.4 is 5.32 Å². The molecule has 2 rings (SSSR count). The Morgan fingerprint density at radius 1 is 1.40 bits per heavy atom. The van der Waals surface area contributed by atoms with Crippen molar-refractivity contribution >= 4 is 6.09 Å². The van der Waals surface area contributed by atoms with Crippen LogP contribution in [0.1, 0.15) is 12.0 Å². The van der Waals surface area contributed by atoms with Gasteiger partial charge in [-0.1, -0.05) is 12.1 Å². The molecule has 1 aromatic carbocycles. The van der Waals surface area contributed by atoms with Gasteiger partial charge in [-0.15, -0.1) is 0 Å². The van der Waals surface area contributed by atoms with Gasteiger partial charge in [-0.2, -0.15) is 0 Å². The number of nitrogens with one attached hydrogen (secondary N) is 1. The number of carbonyl (C=O) groups is 1. The van der Waals surface area contributed by atoms with E-state index in [2.05, 4.69) is 5.32 Å². The quantitative estimate of drug-likeness (QED) is 0.825. The molecule has 1 amide bonds. The van der Waals surface area contributed by atoms with Gasteiger partial charge in [0.1, 0.15) is 12.4 Å². The molecule has 1 saturated heterocycles. The number of benzene rings is 1. The van der Waals surface area contributed by atoms with Gasteiger partial charge in [-0.05, 0) is 30.5 Å². The molecule has 0 aromatic heterocycles. The van der Waals surface area contributed by atoms with Crippen molar-refractivity contribution in [3.05, 3.63) is 35.6 Å². The van der Waals surface area contributed by atoms with Crippen LogP contribution in [-0.4, -0.2) is 18.7 Å².